The molecule has 1 aliphatic carbocycles. The molecule has 0 atom stereocenters. The quantitative estimate of drug-likeness (QED) is 0.834. The van der Waals surface area contributed by atoms with E-state index < -0.39 is 24.4 Å². The third-order valence-corrected chi connectivity index (χ3v) is 4.27. The zero-order valence-corrected chi connectivity index (χ0v) is 14.4. The largest absolute Gasteiger partial charge is 0.496 e. The van der Waals surface area contributed by atoms with E-state index in [1.54, 1.807) is 24.3 Å². The highest BCUT2D eigenvalue weighted by atomic mass is 16.5. The molecule has 0 fully saturated rings. The minimum Gasteiger partial charge on any atom is -0.496 e. The minimum absolute atomic E-state index is 0.230. The van der Waals surface area contributed by atoms with Crippen LogP contribution in [0.25, 0.3) is 0 Å². The Bertz CT molecular complexity index is 859. The van der Waals surface area contributed by atoms with Crippen molar-refractivity contribution in [3.05, 3.63) is 64.7 Å². The van der Waals surface area contributed by atoms with Crippen molar-refractivity contribution in [1.29, 1.82) is 0 Å². The predicted molar refractivity (Wildman–Crippen MR) is 94.2 cm³/mol. The number of esters is 1. The molecule has 0 radical (unpaired) electrons. The van der Waals surface area contributed by atoms with Gasteiger partial charge < -0.3 is 9.47 Å². The van der Waals surface area contributed by atoms with Gasteiger partial charge >= 0.3 is 5.97 Å². The molecule has 2 aromatic carbocycles. The molecule has 3 rings (SSSR count). The lowest BCUT2D eigenvalue weighted by molar-refractivity contribution is -0.123. The summed E-state index contributed by atoms with van der Waals surface area (Å²) in [6.45, 7) is -0.531. The van der Waals surface area contributed by atoms with Gasteiger partial charge in [0.05, 0.1) is 18.2 Å². The lowest BCUT2D eigenvalue weighted by Gasteiger charge is -2.09. The van der Waals surface area contributed by atoms with Gasteiger partial charge in [0.2, 0.25) is 0 Å². The summed E-state index contributed by atoms with van der Waals surface area (Å²) in [6, 6.07) is 12.0. The van der Waals surface area contributed by atoms with Crippen molar-refractivity contribution in [1.82, 2.24) is 5.32 Å². The molecule has 0 aliphatic heterocycles. The Labute approximate surface area is 151 Å². The van der Waals surface area contributed by atoms with Gasteiger partial charge in [-0.1, -0.05) is 18.2 Å². The number of carbonyl (C=O) groups is 3. The van der Waals surface area contributed by atoms with E-state index >= 15 is 0 Å². The standard InChI is InChI=1S/C20H19NO5/c1-25-17-8-3-2-7-16(17)19(23)21-18(22)12-26-20(24)15-10-9-13-5-4-6-14(13)11-15/h2-3,7-11H,4-6,12H2,1H3,(H,21,22,23). The molecule has 0 unspecified atom stereocenters. The molecule has 134 valence electrons. The Morgan fingerprint density at radius 3 is 2.62 bits per heavy atom. The maximum absolute atomic E-state index is 12.1. The highest BCUT2D eigenvalue weighted by Gasteiger charge is 2.18. The first-order valence-electron chi connectivity index (χ1n) is 8.34. The zero-order chi connectivity index (χ0) is 18.5. The maximum atomic E-state index is 12.1. The highest BCUT2D eigenvalue weighted by Crippen LogP contribution is 2.23. The van der Waals surface area contributed by atoms with Gasteiger partial charge in [-0.2, -0.15) is 0 Å². The van der Waals surface area contributed by atoms with E-state index in [2.05, 4.69) is 5.32 Å². The van der Waals surface area contributed by atoms with Gasteiger partial charge in [-0.05, 0) is 54.7 Å². The molecule has 0 bridgehead atoms. The smallest absolute Gasteiger partial charge is 0.338 e. The molecule has 6 heteroatoms. The van der Waals surface area contributed by atoms with Crippen LogP contribution in [0.15, 0.2) is 42.5 Å². The third kappa shape index (κ3) is 3.91. The van der Waals surface area contributed by atoms with E-state index in [4.69, 9.17) is 9.47 Å². The predicted octanol–water partition coefficient (Wildman–Crippen LogP) is 2.30. The molecule has 0 aromatic heterocycles. The number of amides is 2. The van der Waals surface area contributed by atoms with Gasteiger partial charge in [0, 0.05) is 0 Å². The van der Waals surface area contributed by atoms with E-state index in [9.17, 15) is 14.4 Å². The van der Waals surface area contributed by atoms with Gasteiger partial charge in [-0.15, -0.1) is 0 Å². The van der Waals surface area contributed by atoms with Crippen LogP contribution in [0.5, 0.6) is 5.75 Å². The van der Waals surface area contributed by atoms with Gasteiger partial charge in [-0.3, -0.25) is 14.9 Å². The average molecular weight is 353 g/mol. The van der Waals surface area contributed by atoms with Gasteiger partial charge in [0.15, 0.2) is 6.61 Å². The van der Waals surface area contributed by atoms with Crippen LogP contribution in [0.4, 0.5) is 0 Å². The number of para-hydroxylation sites is 1. The molecular weight excluding hydrogens is 334 g/mol. The Hall–Kier alpha value is -3.15. The first-order chi connectivity index (χ1) is 12.6. The molecule has 0 heterocycles. The molecule has 0 spiro atoms. The Balaban J connectivity index is 1.55. The van der Waals surface area contributed by atoms with Crippen molar-refractivity contribution in [2.45, 2.75) is 19.3 Å². The van der Waals surface area contributed by atoms with E-state index in [1.165, 1.54) is 18.7 Å². The average Bonchev–Trinajstić information content (AvgIpc) is 3.13. The first-order valence-corrected chi connectivity index (χ1v) is 8.34. The monoisotopic (exact) mass is 353 g/mol. The lowest BCUT2D eigenvalue weighted by atomic mass is 10.1. The Kier molecular flexibility index (Phi) is 5.31. The molecule has 6 nitrogen and oxygen atoms in total. The summed E-state index contributed by atoms with van der Waals surface area (Å²) in [7, 11) is 1.44. The summed E-state index contributed by atoms with van der Waals surface area (Å²) >= 11 is 0. The van der Waals surface area contributed by atoms with Crippen LogP contribution in [0.2, 0.25) is 0 Å². The summed E-state index contributed by atoms with van der Waals surface area (Å²) in [5.41, 5.74) is 3.04. The van der Waals surface area contributed by atoms with Crippen molar-refractivity contribution < 1.29 is 23.9 Å². The minimum atomic E-state index is -0.699. The summed E-state index contributed by atoms with van der Waals surface area (Å²) in [6.07, 6.45) is 3.06. The lowest BCUT2D eigenvalue weighted by Crippen LogP contribution is -2.34. The van der Waals surface area contributed by atoms with Crippen LogP contribution in [0, 0.1) is 0 Å². The number of hydrogen-bond donors (Lipinski definition) is 1. The van der Waals surface area contributed by atoms with Crippen LogP contribution < -0.4 is 10.1 Å². The number of hydrogen-bond acceptors (Lipinski definition) is 5. The van der Waals surface area contributed by atoms with Gasteiger partial charge in [-0.25, -0.2) is 4.79 Å². The fraction of sp³-hybridized carbons (Fsp3) is 0.250. The van der Waals surface area contributed by atoms with Crippen molar-refractivity contribution in [2.24, 2.45) is 0 Å². The second-order valence-corrected chi connectivity index (χ2v) is 5.99. The molecule has 2 aromatic rings. The van der Waals surface area contributed by atoms with Crippen molar-refractivity contribution in [3.8, 4) is 5.75 Å². The van der Waals surface area contributed by atoms with Crippen LogP contribution in [0.3, 0.4) is 0 Å². The SMILES string of the molecule is COc1ccccc1C(=O)NC(=O)COC(=O)c1ccc2c(c1)CCC2. The number of ether oxygens (including phenoxy) is 2. The summed E-state index contributed by atoms with van der Waals surface area (Å²) in [4.78, 5) is 36.1. The van der Waals surface area contributed by atoms with E-state index in [0.717, 1.165) is 24.8 Å². The van der Waals surface area contributed by atoms with Crippen LogP contribution in [-0.2, 0) is 22.4 Å². The second-order valence-electron chi connectivity index (χ2n) is 5.99. The molecule has 0 saturated carbocycles. The number of methoxy groups -OCH3 is 1. The van der Waals surface area contributed by atoms with Crippen molar-refractivity contribution in [2.75, 3.05) is 13.7 Å². The normalized spacial score (nSPS) is 12.2. The molecule has 0 saturated heterocycles. The molecular formula is C20H19NO5. The number of imide groups is 1. The summed E-state index contributed by atoms with van der Waals surface area (Å²) in [5, 5.41) is 2.18. The number of aryl methyl sites for hydroxylation is 2. The number of rotatable bonds is 5. The number of benzene rings is 2. The second kappa shape index (κ2) is 7.82. The summed E-state index contributed by atoms with van der Waals surface area (Å²) in [5.74, 6) is -1.54. The topological polar surface area (TPSA) is 81.7 Å². The maximum Gasteiger partial charge on any atom is 0.338 e. The molecule has 1 aliphatic rings. The van der Waals surface area contributed by atoms with E-state index in [-0.39, 0.29) is 5.56 Å². The van der Waals surface area contributed by atoms with Crippen LogP contribution >= 0.6 is 0 Å². The van der Waals surface area contributed by atoms with Crippen LogP contribution in [-0.4, -0.2) is 31.5 Å². The fourth-order valence-electron chi connectivity index (χ4n) is 2.98. The molecule has 1 N–H and O–H groups in total. The van der Waals surface area contributed by atoms with Gasteiger partial charge in [0.1, 0.15) is 5.75 Å². The van der Waals surface area contributed by atoms with Crippen molar-refractivity contribution in [3.63, 3.8) is 0 Å². The van der Waals surface area contributed by atoms with Gasteiger partial charge in [0.25, 0.3) is 11.8 Å². The zero-order valence-electron chi connectivity index (χ0n) is 14.4. The Morgan fingerprint density at radius 1 is 1.04 bits per heavy atom. The number of fused-ring (bicyclic) bond motifs is 1. The van der Waals surface area contributed by atoms with Crippen molar-refractivity contribution >= 4 is 17.8 Å². The van der Waals surface area contributed by atoms with E-state index in [0.29, 0.717) is 11.3 Å². The molecule has 26 heavy (non-hydrogen) atoms. The first kappa shape index (κ1) is 17.7. The highest BCUT2D eigenvalue weighted by molar-refractivity contribution is 6.07. The Morgan fingerprint density at radius 2 is 1.81 bits per heavy atom. The van der Waals surface area contributed by atoms with E-state index in [1.807, 2.05) is 12.1 Å². The van der Waals surface area contributed by atoms with Crippen LogP contribution in [0.1, 0.15) is 38.3 Å². The fourth-order valence-corrected chi connectivity index (χ4v) is 2.98. The number of carbonyl (C=O) groups excluding carboxylic acids is 3. The molecule has 2 amide bonds. The number of nitrogens with one attached hydrogen (secondary N) is 1. The summed E-state index contributed by atoms with van der Waals surface area (Å²) < 4.78 is 10.1. The third-order valence-electron chi connectivity index (χ3n) is 4.27.